The van der Waals surface area contributed by atoms with Gasteiger partial charge in [0.05, 0.1) is 36.2 Å². The lowest BCUT2D eigenvalue weighted by Crippen LogP contribution is -2.47. The maximum absolute atomic E-state index is 13.1. The van der Waals surface area contributed by atoms with E-state index in [-0.39, 0.29) is 17.0 Å². The van der Waals surface area contributed by atoms with Crippen molar-refractivity contribution in [2.45, 2.75) is 19.8 Å². The number of imide groups is 1. The van der Waals surface area contributed by atoms with Crippen molar-refractivity contribution in [3.05, 3.63) is 83.4 Å². The van der Waals surface area contributed by atoms with Gasteiger partial charge >= 0.3 is 0 Å². The molecule has 0 unspecified atom stereocenters. The number of fused-ring (bicyclic) bond motifs is 1. The van der Waals surface area contributed by atoms with Crippen molar-refractivity contribution in [2.24, 2.45) is 0 Å². The summed E-state index contributed by atoms with van der Waals surface area (Å²) in [6, 6.07) is 19.6. The summed E-state index contributed by atoms with van der Waals surface area (Å²) in [5.74, 6) is 0.356. The average Bonchev–Trinajstić information content (AvgIpc) is 3.27. The van der Waals surface area contributed by atoms with Crippen LogP contribution in [0.2, 0.25) is 0 Å². The number of hydrogen-bond acceptors (Lipinski definition) is 7. The Morgan fingerprint density at radius 1 is 0.902 bits per heavy atom. The lowest BCUT2D eigenvalue weighted by Gasteiger charge is -2.36. The predicted octanol–water partition coefficient (Wildman–Crippen LogP) is 4.23. The summed E-state index contributed by atoms with van der Waals surface area (Å²) in [7, 11) is 1.53. The number of anilines is 2. The normalized spacial score (nSPS) is 15.2. The number of carbonyl (C=O) groups is 3. The van der Waals surface area contributed by atoms with E-state index in [1.54, 1.807) is 36.4 Å². The van der Waals surface area contributed by atoms with Gasteiger partial charge in [-0.2, -0.15) is 0 Å². The predicted molar refractivity (Wildman–Crippen MR) is 158 cm³/mol. The van der Waals surface area contributed by atoms with Crippen molar-refractivity contribution < 1.29 is 23.9 Å². The van der Waals surface area contributed by atoms with Crippen LogP contribution in [0, 0.1) is 0 Å². The van der Waals surface area contributed by atoms with Crippen molar-refractivity contribution in [3.63, 3.8) is 0 Å². The van der Waals surface area contributed by atoms with Crippen LogP contribution in [0.4, 0.5) is 11.4 Å². The second-order valence-electron chi connectivity index (χ2n) is 10.2. The van der Waals surface area contributed by atoms with E-state index in [9.17, 15) is 14.4 Å². The molecule has 0 aliphatic carbocycles. The first-order chi connectivity index (χ1) is 20.0. The van der Waals surface area contributed by atoms with Crippen LogP contribution < -0.4 is 24.6 Å². The molecule has 41 heavy (non-hydrogen) atoms. The van der Waals surface area contributed by atoms with Gasteiger partial charge in [0.25, 0.3) is 17.7 Å². The molecule has 1 saturated heterocycles. The summed E-state index contributed by atoms with van der Waals surface area (Å²) >= 11 is 0. The fourth-order valence-corrected chi connectivity index (χ4v) is 5.24. The monoisotopic (exact) mass is 556 g/mol. The Morgan fingerprint density at radius 3 is 2.46 bits per heavy atom. The fraction of sp³-hybridized carbons (Fsp3) is 0.344. The van der Waals surface area contributed by atoms with Crippen molar-refractivity contribution in [3.8, 4) is 11.5 Å². The van der Waals surface area contributed by atoms with Crippen LogP contribution >= 0.6 is 0 Å². The molecule has 0 aromatic heterocycles. The summed E-state index contributed by atoms with van der Waals surface area (Å²) in [4.78, 5) is 44.8. The molecule has 3 aromatic carbocycles. The molecule has 3 aromatic rings. The van der Waals surface area contributed by atoms with Gasteiger partial charge in [0, 0.05) is 44.4 Å². The number of hydrogen-bond donors (Lipinski definition) is 1. The Bertz CT molecular complexity index is 1420. The minimum absolute atomic E-state index is 0.227. The highest BCUT2D eigenvalue weighted by atomic mass is 16.5. The number of piperazine rings is 1. The van der Waals surface area contributed by atoms with Gasteiger partial charge in [-0.15, -0.1) is 0 Å². The molecule has 1 fully saturated rings. The van der Waals surface area contributed by atoms with E-state index in [1.807, 2.05) is 12.1 Å². The van der Waals surface area contributed by atoms with Gasteiger partial charge in [-0.25, -0.2) is 4.90 Å². The van der Waals surface area contributed by atoms with Crippen LogP contribution in [0.25, 0.3) is 0 Å². The van der Waals surface area contributed by atoms with Gasteiger partial charge in [-0.3, -0.25) is 19.3 Å². The molecular weight excluding hydrogens is 520 g/mol. The van der Waals surface area contributed by atoms with Crippen LogP contribution in [-0.2, 0) is 0 Å². The van der Waals surface area contributed by atoms with Crippen LogP contribution in [-0.4, -0.2) is 75.6 Å². The zero-order valence-corrected chi connectivity index (χ0v) is 23.6. The highest BCUT2D eigenvalue weighted by molar-refractivity contribution is 6.34. The third kappa shape index (κ3) is 6.20. The highest BCUT2D eigenvalue weighted by Gasteiger charge is 2.37. The second-order valence-corrected chi connectivity index (χ2v) is 10.2. The quantitative estimate of drug-likeness (QED) is 0.279. The zero-order chi connectivity index (χ0) is 28.8. The van der Waals surface area contributed by atoms with Crippen LogP contribution in [0.15, 0.2) is 66.7 Å². The Kier molecular flexibility index (Phi) is 8.84. The number of benzene rings is 3. The summed E-state index contributed by atoms with van der Waals surface area (Å²) in [6.45, 7) is 7.96. The number of nitrogens with one attached hydrogen (secondary N) is 1. The van der Waals surface area contributed by atoms with Gasteiger partial charge in [0.15, 0.2) is 0 Å². The minimum Gasteiger partial charge on any atom is -0.497 e. The third-order valence-corrected chi connectivity index (χ3v) is 7.44. The van der Waals surface area contributed by atoms with E-state index in [2.05, 4.69) is 34.2 Å². The summed E-state index contributed by atoms with van der Waals surface area (Å²) in [6.07, 6.45) is 1.79. The third-order valence-electron chi connectivity index (χ3n) is 7.44. The highest BCUT2D eigenvalue weighted by Crippen LogP contribution is 2.31. The summed E-state index contributed by atoms with van der Waals surface area (Å²) in [5, 5.41) is 2.96. The van der Waals surface area contributed by atoms with E-state index in [0.29, 0.717) is 30.2 Å². The molecule has 0 atom stereocenters. The lowest BCUT2D eigenvalue weighted by molar-refractivity contribution is 0.0923. The first-order valence-electron chi connectivity index (χ1n) is 14.1. The van der Waals surface area contributed by atoms with Crippen LogP contribution in [0.1, 0.15) is 50.8 Å². The molecule has 2 aliphatic rings. The molecule has 9 heteroatoms. The molecule has 3 amide bonds. The first kappa shape index (κ1) is 28.2. The van der Waals surface area contributed by atoms with Crippen molar-refractivity contribution in [1.82, 2.24) is 10.2 Å². The molecule has 0 spiro atoms. The molecule has 9 nitrogen and oxygen atoms in total. The molecule has 2 aliphatic heterocycles. The Labute approximate surface area is 240 Å². The maximum atomic E-state index is 13.1. The molecule has 0 radical (unpaired) electrons. The van der Waals surface area contributed by atoms with Gasteiger partial charge in [0.2, 0.25) is 0 Å². The van der Waals surface area contributed by atoms with Crippen LogP contribution in [0.5, 0.6) is 11.5 Å². The molecular formula is C32H36N4O5. The number of para-hydroxylation sites is 2. The van der Waals surface area contributed by atoms with E-state index in [4.69, 9.17) is 9.47 Å². The first-order valence-corrected chi connectivity index (χ1v) is 14.1. The Morgan fingerprint density at radius 2 is 1.68 bits per heavy atom. The average molecular weight is 557 g/mol. The Hall–Kier alpha value is -4.37. The molecule has 2 heterocycles. The molecule has 0 bridgehead atoms. The van der Waals surface area contributed by atoms with Gasteiger partial charge in [-0.05, 0) is 61.9 Å². The topological polar surface area (TPSA) is 91.4 Å². The molecule has 1 N–H and O–H groups in total. The zero-order valence-electron chi connectivity index (χ0n) is 23.6. The minimum atomic E-state index is -0.452. The molecule has 0 saturated carbocycles. The molecule has 214 valence electrons. The van der Waals surface area contributed by atoms with Crippen LogP contribution in [0.3, 0.4) is 0 Å². The van der Waals surface area contributed by atoms with Crippen molar-refractivity contribution in [2.75, 3.05) is 62.8 Å². The number of carbonyl (C=O) groups excluding carboxylic acids is 3. The number of amides is 3. The number of nitrogens with zero attached hydrogens (tertiary/aromatic N) is 3. The fourth-order valence-electron chi connectivity index (χ4n) is 5.24. The van der Waals surface area contributed by atoms with Gasteiger partial charge in [0.1, 0.15) is 11.5 Å². The molecule has 5 rings (SSSR count). The standard InChI is InChI=1S/C32H36N4O5/c1-3-20-41-29-11-5-4-10-28(29)35-18-16-34(17-19-35)15-7-14-33-30(37)23-12-13-26-27(21-23)32(39)36(31(26)38)24-8-6-9-25(22-24)40-2/h4-6,8-13,21-22H,3,7,14-20H2,1-2H3,(H,33,37). The number of ether oxygens (including phenoxy) is 2. The van der Waals surface area contributed by atoms with E-state index in [0.717, 1.165) is 61.9 Å². The van der Waals surface area contributed by atoms with Gasteiger partial charge in [-0.1, -0.05) is 25.1 Å². The summed E-state index contributed by atoms with van der Waals surface area (Å²) in [5.41, 5.74) is 2.44. The number of methoxy groups -OCH3 is 1. The lowest BCUT2D eigenvalue weighted by atomic mass is 10.1. The van der Waals surface area contributed by atoms with Crippen molar-refractivity contribution >= 4 is 29.1 Å². The maximum Gasteiger partial charge on any atom is 0.266 e. The summed E-state index contributed by atoms with van der Waals surface area (Å²) < 4.78 is 11.2. The van der Waals surface area contributed by atoms with Crippen molar-refractivity contribution in [1.29, 1.82) is 0 Å². The smallest absolute Gasteiger partial charge is 0.266 e. The van der Waals surface area contributed by atoms with E-state index in [1.165, 1.54) is 13.2 Å². The van der Waals surface area contributed by atoms with E-state index < -0.39 is 11.8 Å². The SMILES string of the molecule is CCCOc1ccccc1N1CCN(CCCNC(=O)c2ccc3c(c2)C(=O)N(c2cccc(OC)c2)C3=O)CC1. The number of rotatable bonds is 11. The van der Waals surface area contributed by atoms with Gasteiger partial charge < -0.3 is 19.7 Å². The van der Waals surface area contributed by atoms with E-state index >= 15 is 0 Å². The second kappa shape index (κ2) is 12.9. The largest absolute Gasteiger partial charge is 0.497 e. The Balaban J connectivity index is 1.10.